The molecular weight excluding hydrogens is 388 g/mol. The molecule has 0 unspecified atom stereocenters. The summed E-state index contributed by atoms with van der Waals surface area (Å²) in [5, 5.41) is 0. The van der Waals surface area contributed by atoms with Crippen LogP contribution in [0.3, 0.4) is 0 Å². The van der Waals surface area contributed by atoms with Gasteiger partial charge in [-0.1, -0.05) is 72.9 Å². The molecule has 0 radical (unpaired) electrons. The molecule has 15 heavy (non-hydrogen) atoms. The van der Waals surface area contributed by atoms with Crippen LogP contribution in [0.15, 0.2) is 42.2 Å². The molecule has 0 atom stereocenters. The van der Waals surface area contributed by atoms with Crippen molar-refractivity contribution in [3.05, 3.63) is 42.2 Å². The van der Waals surface area contributed by atoms with Gasteiger partial charge in [0.1, 0.15) is 11.5 Å². The minimum atomic E-state index is -0.396. The fraction of sp³-hybridized carbons (Fsp3) is 0.273. The van der Waals surface area contributed by atoms with Gasteiger partial charge in [0, 0.05) is 6.42 Å². The van der Waals surface area contributed by atoms with E-state index in [4.69, 9.17) is 4.74 Å². The second kappa shape index (κ2) is 6.06. The van der Waals surface area contributed by atoms with Crippen LogP contribution >= 0.6 is 47.8 Å². The first-order valence-corrected chi connectivity index (χ1v) is 6.90. The van der Waals surface area contributed by atoms with Gasteiger partial charge in [-0.25, -0.2) is 0 Å². The van der Waals surface area contributed by atoms with E-state index >= 15 is 0 Å². The second-order valence-corrected chi connectivity index (χ2v) is 9.87. The highest BCUT2D eigenvalue weighted by molar-refractivity contribution is 9.39. The number of ether oxygens (including phenoxy) is 1. The standard InChI is InChI=1S/C11H11Br3O/c1-2-9(8-11(12,13)14)15-10-6-4-3-5-7-10/h3-8H,2H2,1H3. The zero-order valence-electron chi connectivity index (χ0n) is 8.21. The molecule has 1 aromatic rings. The Balaban J connectivity index is 2.75. The first-order valence-electron chi connectivity index (χ1n) is 4.52. The summed E-state index contributed by atoms with van der Waals surface area (Å²) in [4.78, 5) is 0. The number of rotatable bonds is 3. The SMILES string of the molecule is CCC(=CC(Br)(Br)Br)Oc1ccccc1. The average molecular weight is 399 g/mol. The molecule has 0 amide bonds. The Morgan fingerprint density at radius 3 is 2.33 bits per heavy atom. The lowest BCUT2D eigenvalue weighted by Gasteiger charge is -2.12. The summed E-state index contributed by atoms with van der Waals surface area (Å²) in [5.74, 6) is 1.74. The topological polar surface area (TPSA) is 9.23 Å². The molecule has 0 saturated carbocycles. The van der Waals surface area contributed by atoms with Gasteiger partial charge in [0.2, 0.25) is 0 Å². The van der Waals surface area contributed by atoms with Gasteiger partial charge in [-0.2, -0.15) is 0 Å². The maximum absolute atomic E-state index is 5.71. The van der Waals surface area contributed by atoms with Crippen LogP contribution < -0.4 is 4.74 Å². The Kier molecular flexibility index (Phi) is 5.36. The van der Waals surface area contributed by atoms with Crippen LogP contribution in [0.1, 0.15) is 13.3 Å². The maximum atomic E-state index is 5.71. The first-order chi connectivity index (χ1) is 7.01. The van der Waals surface area contributed by atoms with E-state index in [9.17, 15) is 0 Å². The Morgan fingerprint density at radius 1 is 1.27 bits per heavy atom. The molecular formula is C11H11Br3O. The molecule has 1 rings (SSSR count). The number of alkyl halides is 3. The molecule has 0 N–H and O–H groups in total. The number of hydrogen-bond acceptors (Lipinski definition) is 1. The van der Waals surface area contributed by atoms with Crippen molar-refractivity contribution < 1.29 is 4.74 Å². The van der Waals surface area contributed by atoms with Crippen LogP contribution in [-0.4, -0.2) is 2.14 Å². The van der Waals surface area contributed by atoms with Gasteiger partial charge in [0.25, 0.3) is 0 Å². The smallest absolute Gasteiger partial charge is 0.156 e. The number of para-hydroxylation sites is 1. The lowest BCUT2D eigenvalue weighted by Crippen LogP contribution is -2.01. The number of hydrogen-bond donors (Lipinski definition) is 0. The molecule has 0 fully saturated rings. The highest BCUT2D eigenvalue weighted by Crippen LogP contribution is 2.36. The predicted octanol–water partition coefficient (Wildman–Crippen LogP) is 5.20. The van der Waals surface area contributed by atoms with Crippen molar-refractivity contribution in [2.75, 3.05) is 0 Å². The van der Waals surface area contributed by atoms with Crippen molar-refractivity contribution in [1.29, 1.82) is 0 Å². The summed E-state index contributed by atoms with van der Waals surface area (Å²) >= 11 is 10.2. The van der Waals surface area contributed by atoms with E-state index in [0.29, 0.717) is 0 Å². The monoisotopic (exact) mass is 396 g/mol. The average Bonchev–Trinajstić information content (AvgIpc) is 2.16. The van der Waals surface area contributed by atoms with Crippen molar-refractivity contribution in [2.45, 2.75) is 15.5 Å². The van der Waals surface area contributed by atoms with Gasteiger partial charge >= 0.3 is 0 Å². The molecule has 0 aliphatic heterocycles. The summed E-state index contributed by atoms with van der Waals surface area (Å²) in [7, 11) is 0. The zero-order chi connectivity index (χ0) is 11.3. The summed E-state index contributed by atoms with van der Waals surface area (Å²) in [5.41, 5.74) is 0. The molecule has 0 saturated heterocycles. The normalized spacial score (nSPS) is 12.7. The second-order valence-electron chi connectivity index (χ2n) is 2.92. The maximum Gasteiger partial charge on any atom is 0.156 e. The van der Waals surface area contributed by atoms with E-state index in [2.05, 4.69) is 47.8 Å². The molecule has 1 nitrogen and oxygen atoms in total. The summed E-state index contributed by atoms with van der Waals surface area (Å²) in [6.45, 7) is 2.05. The molecule has 0 bridgehead atoms. The lowest BCUT2D eigenvalue weighted by atomic mass is 10.3. The van der Waals surface area contributed by atoms with Crippen LogP contribution in [0.4, 0.5) is 0 Å². The lowest BCUT2D eigenvalue weighted by molar-refractivity contribution is 0.408. The van der Waals surface area contributed by atoms with Crippen LogP contribution in [0.25, 0.3) is 0 Å². The van der Waals surface area contributed by atoms with Gasteiger partial charge in [-0.15, -0.1) is 0 Å². The van der Waals surface area contributed by atoms with Crippen molar-refractivity contribution in [2.24, 2.45) is 0 Å². The molecule has 0 spiro atoms. The van der Waals surface area contributed by atoms with Gasteiger partial charge in [0.15, 0.2) is 2.14 Å². The van der Waals surface area contributed by atoms with E-state index in [1.165, 1.54) is 0 Å². The molecule has 4 heteroatoms. The molecule has 0 aromatic heterocycles. The van der Waals surface area contributed by atoms with Crippen molar-refractivity contribution >= 4 is 47.8 Å². The van der Waals surface area contributed by atoms with Gasteiger partial charge in [-0.3, -0.25) is 0 Å². The highest BCUT2D eigenvalue weighted by atomic mass is 80.0. The van der Waals surface area contributed by atoms with E-state index in [0.717, 1.165) is 17.9 Å². The van der Waals surface area contributed by atoms with Gasteiger partial charge in [-0.05, 0) is 18.2 Å². The third-order valence-electron chi connectivity index (χ3n) is 1.67. The van der Waals surface area contributed by atoms with Crippen molar-refractivity contribution in [3.8, 4) is 5.75 Å². The predicted molar refractivity (Wildman–Crippen MR) is 75.0 cm³/mol. The summed E-state index contributed by atoms with van der Waals surface area (Å²) in [6.07, 6.45) is 2.76. The highest BCUT2D eigenvalue weighted by Gasteiger charge is 2.15. The molecule has 1 aromatic carbocycles. The molecule has 0 aliphatic carbocycles. The van der Waals surface area contributed by atoms with Crippen LogP contribution in [0, 0.1) is 0 Å². The Bertz CT molecular complexity index is 327. The summed E-state index contributed by atoms with van der Waals surface area (Å²) in [6, 6.07) is 9.73. The third kappa shape index (κ3) is 5.73. The van der Waals surface area contributed by atoms with Crippen LogP contribution in [-0.2, 0) is 0 Å². The fourth-order valence-electron chi connectivity index (χ4n) is 1.03. The van der Waals surface area contributed by atoms with Crippen LogP contribution in [0.5, 0.6) is 5.75 Å². The van der Waals surface area contributed by atoms with E-state index < -0.39 is 2.14 Å². The summed E-state index contributed by atoms with van der Waals surface area (Å²) < 4.78 is 5.32. The van der Waals surface area contributed by atoms with Gasteiger partial charge < -0.3 is 4.74 Å². The number of benzene rings is 1. The van der Waals surface area contributed by atoms with E-state index in [1.54, 1.807) is 0 Å². The molecule has 82 valence electrons. The Labute approximate surface area is 115 Å². The third-order valence-corrected chi connectivity index (χ3v) is 2.35. The Hall–Kier alpha value is 0.200. The zero-order valence-corrected chi connectivity index (χ0v) is 13.0. The van der Waals surface area contributed by atoms with E-state index in [1.807, 2.05) is 43.3 Å². The largest absolute Gasteiger partial charge is 0.462 e. The minimum absolute atomic E-state index is 0.396. The van der Waals surface area contributed by atoms with Crippen molar-refractivity contribution in [3.63, 3.8) is 0 Å². The number of halogens is 3. The van der Waals surface area contributed by atoms with Gasteiger partial charge in [0.05, 0.1) is 0 Å². The van der Waals surface area contributed by atoms with Crippen LogP contribution in [0.2, 0.25) is 0 Å². The number of allylic oxidation sites excluding steroid dienone is 2. The minimum Gasteiger partial charge on any atom is -0.462 e. The molecule has 0 heterocycles. The van der Waals surface area contributed by atoms with E-state index in [-0.39, 0.29) is 0 Å². The van der Waals surface area contributed by atoms with Crippen molar-refractivity contribution in [1.82, 2.24) is 0 Å². The Morgan fingerprint density at radius 2 is 1.87 bits per heavy atom. The molecule has 0 aliphatic rings. The first kappa shape index (κ1) is 13.3. The quantitative estimate of drug-likeness (QED) is 0.502. The fourth-order valence-corrected chi connectivity index (χ4v) is 1.79.